The average molecular weight is 383 g/mol. The van der Waals surface area contributed by atoms with Gasteiger partial charge in [0.05, 0.1) is 31.0 Å². The lowest BCUT2D eigenvalue weighted by molar-refractivity contribution is -0.117. The standard InChI is InChI=1S/C20H21N3O5/c1-25-7-8-27-18-11-16-15(10-17(18)26-2)20(23-12-22-16)28-14-5-3-13(4-6-14)9-19(21)24/h3-6,10-12H,7-9H2,1-2H3,(H2,21,24). The van der Waals surface area contributed by atoms with Gasteiger partial charge in [-0.15, -0.1) is 0 Å². The molecule has 0 aliphatic rings. The zero-order valence-corrected chi connectivity index (χ0v) is 15.7. The maximum atomic E-state index is 11.0. The molecule has 2 aromatic carbocycles. The molecule has 0 bridgehead atoms. The normalized spacial score (nSPS) is 10.6. The number of nitrogens with zero attached hydrogens (tertiary/aromatic N) is 2. The van der Waals surface area contributed by atoms with Crippen molar-refractivity contribution in [2.24, 2.45) is 5.73 Å². The van der Waals surface area contributed by atoms with Crippen LogP contribution in [0.1, 0.15) is 5.56 Å². The van der Waals surface area contributed by atoms with Crippen LogP contribution in [0.2, 0.25) is 0 Å². The molecular formula is C20H21N3O5. The highest BCUT2D eigenvalue weighted by Crippen LogP contribution is 2.36. The summed E-state index contributed by atoms with van der Waals surface area (Å²) in [6.45, 7) is 0.857. The Bertz CT molecular complexity index is 960. The predicted octanol–water partition coefficient (Wildman–Crippen LogP) is 2.48. The molecule has 0 aliphatic heterocycles. The Morgan fingerprint density at radius 2 is 1.82 bits per heavy atom. The monoisotopic (exact) mass is 383 g/mol. The van der Waals surface area contributed by atoms with Crippen molar-refractivity contribution in [3.63, 3.8) is 0 Å². The van der Waals surface area contributed by atoms with Gasteiger partial charge in [-0.1, -0.05) is 12.1 Å². The number of nitrogens with two attached hydrogens (primary N) is 1. The van der Waals surface area contributed by atoms with Crippen molar-refractivity contribution in [1.29, 1.82) is 0 Å². The molecule has 28 heavy (non-hydrogen) atoms. The molecule has 2 N–H and O–H groups in total. The second kappa shape index (κ2) is 9.01. The molecule has 0 spiro atoms. The van der Waals surface area contributed by atoms with Crippen LogP contribution in [-0.2, 0) is 16.0 Å². The van der Waals surface area contributed by atoms with Gasteiger partial charge in [-0.3, -0.25) is 4.79 Å². The topological polar surface area (TPSA) is 106 Å². The number of aromatic nitrogens is 2. The van der Waals surface area contributed by atoms with E-state index in [2.05, 4.69) is 9.97 Å². The number of benzene rings is 2. The summed E-state index contributed by atoms with van der Waals surface area (Å²) >= 11 is 0. The van der Waals surface area contributed by atoms with Gasteiger partial charge in [0.1, 0.15) is 18.7 Å². The molecule has 8 heteroatoms. The Balaban J connectivity index is 1.88. The molecule has 8 nitrogen and oxygen atoms in total. The van der Waals surface area contributed by atoms with Crippen molar-refractivity contribution >= 4 is 16.8 Å². The first-order valence-corrected chi connectivity index (χ1v) is 8.60. The van der Waals surface area contributed by atoms with Crippen LogP contribution in [0, 0.1) is 0 Å². The van der Waals surface area contributed by atoms with E-state index in [1.165, 1.54) is 6.33 Å². The Labute approximate surface area is 162 Å². The maximum absolute atomic E-state index is 11.0. The van der Waals surface area contributed by atoms with Crippen molar-refractivity contribution in [2.45, 2.75) is 6.42 Å². The molecule has 1 amide bonds. The molecular weight excluding hydrogens is 362 g/mol. The van der Waals surface area contributed by atoms with Crippen LogP contribution in [0.4, 0.5) is 0 Å². The van der Waals surface area contributed by atoms with Crippen LogP contribution in [0.3, 0.4) is 0 Å². The minimum Gasteiger partial charge on any atom is -0.493 e. The Morgan fingerprint density at radius 1 is 1.04 bits per heavy atom. The van der Waals surface area contributed by atoms with E-state index >= 15 is 0 Å². The van der Waals surface area contributed by atoms with E-state index in [1.54, 1.807) is 50.6 Å². The van der Waals surface area contributed by atoms with Crippen LogP contribution in [-0.4, -0.2) is 43.3 Å². The highest BCUT2D eigenvalue weighted by Gasteiger charge is 2.13. The van der Waals surface area contributed by atoms with Crippen LogP contribution in [0.15, 0.2) is 42.7 Å². The van der Waals surface area contributed by atoms with Crippen LogP contribution < -0.4 is 19.9 Å². The first kappa shape index (κ1) is 19.4. The summed E-state index contributed by atoms with van der Waals surface area (Å²) in [7, 11) is 3.17. The first-order chi connectivity index (χ1) is 13.6. The van der Waals surface area contributed by atoms with Gasteiger partial charge in [-0.05, 0) is 23.8 Å². The van der Waals surface area contributed by atoms with Crippen molar-refractivity contribution in [1.82, 2.24) is 9.97 Å². The molecule has 146 valence electrons. The SMILES string of the molecule is COCCOc1cc2ncnc(Oc3ccc(CC(N)=O)cc3)c2cc1OC. The fourth-order valence-electron chi connectivity index (χ4n) is 2.62. The zero-order chi connectivity index (χ0) is 19.9. The first-order valence-electron chi connectivity index (χ1n) is 8.60. The van der Waals surface area contributed by atoms with E-state index < -0.39 is 0 Å². The summed E-state index contributed by atoms with van der Waals surface area (Å²) in [5.41, 5.74) is 6.68. The van der Waals surface area contributed by atoms with Gasteiger partial charge in [0.15, 0.2) is 11.5 Å². The van der Waals surface area contributed by atoms with Crippen LogP contribution in [0.5, 0.6) is 23.1 Å². The molecule has 0 saturated carbocycles. The number of rotatable bonds is 9. The Hall–Kier alpha value is -3.39. The lowest BCUT2D eigenvalue weighted by atomic mass is 10.1. The summed E-state index contributed by atoms with van der Waals surface area (Å²) in [5, 5.41) is 0.680. The van der Waals surface area contributed by atoms with Gasteiger partial charge in [0.2, 0.25) is 11.8 Å². The number of hydrogen-bond acceptors (Lipinski definition) is 7. The molecule has 0 unspecified atom stereocenters. The lowest BCUT2D eigenvalue weighted by Gasteiger charge is -2.13. The lowest BCUT2D eigenvalue weighted by Crippen LogP contribution is -2.13. The minimum absolute atomic E-state index is 0.180. The third kappa shape index (κ3) is 4.66. The molecule has 3 rings (SSSR count). The van der Waals surface area contributed by atoms with E-state index in [4.69, 9.17) is 24.7 Å². The summed E-state index contributed by atoms with van der Waals surface area (Å²) in [6.07, 6.45) is 1.60. The van der Waals surface area contributed by atoms with Gasteiger partial charge in [-0.25, -0.2) is 9.97 Å². The van der Waals surface area contributed by atoms with Crippen LogP contribution >= 0.6 is 0 Å². The van der Waals surface area contributed by atoms with Crippen molar-refractivity contribution in [3.8, 4) is 23.1 Å². The summed E-state index contributed by atoms with van der Waals surface area (Å²) in [4.78, 5) is 19.5. The van der Waals surface area contributed by atoms with Gasteiger partial charge >= 0.3 is 0 Å². The smallest absolute Gasteiger partial charge is 0.230 e. The molecule has 0 saturated heterocycles. The van der Waals surface area contributed by atoms with Crippen molar-refractivity contribution in [3.05, 3.63) is 48.3 Å². The largest absolute Gasteiger partial charge is 0.493 e. The Kier molecular flexibility index (Phi) is 6.23. The summed E-state index contributed by atoms with van der Waals surface area (Å²) in [6, 6.07) is 10.6. The number of carbonyl (C=O) groups excluding carboxylic acids is 1. The van der Waals surface area contributed by atoms with Gasteiger partial charge in [0, 0.05) is 13.2 Å². The molecule has 0 fully saturated rings. The predicted molar refractivity (Wildman–Crippen MR) is 103 cm³/mol. The number of primary amides is 1. The Morgan fingerprint density at radius 3 is 2.50 bits per heavy atom. The molecule has 0 atom stereocenters. The summed E-state index contributed by atoms with van der Waals surface area (Å²) in [5.74, 6) is 1.68. The quantitative estimate of drug-likeness (QED) is 0.566. The van der Waals surface area contributed by atoms with Crippen molar-refractivity contribution in [2.75, 3.05) is 27.4 Å². The van der Waals surface area contributed by atoms with Gasteiger partial charge < -0.3 is 24.7 Å². The highest BCUT2D eigenvalue weighted by molar-refractivity contribution is 5.87. The maximum Gasteiger partial charge on any atom is 0.230 e. The second-order valence-electron chi connectivity index (χ2n) is 5.93. The fraction of sp³-hybridized carbons (Fsp3) is 0.250. The molecule has 1 heterocycles. The van der Waals surface area contributed by atoms with Gasteiger partial charge in [-0.2, -0.15) is 0 Å². The number of fused-ring (bicyclic) bond motifs is 1. The highest BCUT2D eigenvalue weighted by atomic mass is 16.5. The van der Waals surface area contributed by atoms with E-state index in [9.17, 15) is 4.79 Å². The van der Waals surface area contributed by atoms with Crippen molar-refractivity contribution < 1.29 is 23.7 Å². The van der Waals surface area contributed by atoms with Crippen LogP contribution in [0.25, 0.3) is 10.9 Å². The number of amides is 1. The number of carbonyl (C=O) groups is 1. The van der Waals surface area contributed by atoms with E-state index in [-0.39, 0.29) is 12.3 Å². The van der Waals surface area contributed by atoms with E-state index in [0.29, 0.717) is 47.2 Å². The molecule has 1 aromatic heterocycles. The van der Waals surface area contributed by atoms with E-state index in [0.717, 1.165) is 5.56 Å². The molecule has 0 aliphatic carbocycles. The second-order valence-corrected chi connectivity index (χ2v) is 5.93. The third-order valence-electron chi connectivity index (χ3n) is 3.95. The molecule has 3 aromatic rings. The number of ether oxygens (including phenoxy) is 4. The summed E-state index contributed by atoms with van der Waals surface area (Å²) < 4.78 is 22.0. The minimum atomic E-state index is -0.383. The fourth-order valence-corrected chi connectivity index (χ4v) is 2.62. The number of hydrogen-bond donors (Lipinski definition) is 1. The zero-order valence-electron chi connectivity index (χ0n) is 15.7. The number of methoxy groups -OCH3 is 2. The van der Waals surface area contributed by atoms with E-state index in [1.807, 2.05) is 0 Å². The molecule has 0 radical (unpaired) electrons. The van der Waals surface area contributed by atoms with Gasteiger partial charge in [0.25, 0.3) is 0 Å². The third-order valence-corrected chi connectivity index (χ3v) is 3.95. The average Bonchev–Trinajstić information content (AvgIpc) is 2.69.